The van der Waals surface area contributed by atoms with E-state index in [1.807, 2.05) is 0 Å². The molecule has 2 fully saturated rings. The van der Waals surface area contributed by atoms with Crippen molar-refractivity contribution in [2.45, 2.75) is 32.6 Å². The Morgan fingerprint density at radius 1 is 1.31 bits per heavy atom. The molecule has 0 saturated carbocycles. The minimum absolute atomic E-state index is 0.0960. The van der Waals surface area contributed by atoms with Crippen molar-refractivity contribution in [1.82, 2.24) is 10.2 Å². The van der Waals surface area contributed by atoms with Crippen molar-refractivity contribution < 1.29 is 14.0 Å². The largest absolute Gasteiger partial charge is 0.356 e. The molecule has 0 aliphatic carbocycles. The molecule has 2 aliphatic rings. The molecule has 2 amide bonds. The lowest BCUT2D eigenvalue weighted by Crippen LogP contribution is -2.36. The first kappa shape index (κ1) is 18.8. The van der Waals surface area contributed by atoms with Crippen molar-refractivity contribution in [2.75, 3.05) is 38.1 Å². The van der Waals surface area contributed by atoms with Crippen LogP contribution in [0.15, 0.2) is 18.2 Å². The number of aryl methyl sites for hydroxylation is 1. The summed E-state index contributed by atoms with van der Waals surface area (Å²) in [5.41, 5.74) is 1.07. The van der Waals surface area contributed by atoms with E-state index in [1.165, 1.54) is 23.8 Å². The first-order valence-corrected chi connectivity index (χ1v) is 9.47. The molecule has 5 nitrogen and oxygen atoms in total. The molecule has 0 bridgehead atoms. The van der Waals surface area contributed by atoms with Gasteiger partial charge in [0, 0.05) is 19.5 Å². The number of carbonyl (C=O) groups is 2. The van der Waals surface area contributed by atoms with Gasteiger partial charge in [-0.15, -0.1) is 0 Å². The van der Waals surface area contributed by atoms with Crippen LogP contribution in [0.3, 0.4) is 0 Å². The standard InChI is InChI=1S/C20H28FN3O2/c1-14-3-4-18(17(21)11-14)24-13-16(12-19(24)25)20(26)22-8-5-15-6-9-23(2)10-7-15/h3-4,11,15-16H,5-10,12-13H2,1-2H3,(H,22,26). The highest BCUT2D eigenvalue weighted by Gasteiger charge is 2.36. The summed E-state index contributed by atoms with van der Waals surface area (Å²) in [4.78, 5) is 28.4. The Kier molecular flexibility index (Phi) is 5.91. The lowest BCUT2D eigenvalue weighted by atomic mass is 9.94. The first-order valence-electron chi connectivity index (χ1n) is 9.47. The Bertz CT molecular complexity index is 671. The van der Waals surface area contributed by atoms with Crippen LogP contribution in [0.1, 0.15) is 31.2 Å². The van der Waals surface area contributed by atoms with Crippen LogP contribution in [0, 0.1) is 24.6 Å². The van der Waals surface area contributed by atoms with Crippen LogP contribution in [-0.2, 0) is 9.59 Å². The second-order valence-corrected chi connectivity index (χ2v) is 7.69. The van der Waals surface area contributed by atoms with Gasteiger partial charge in [-0.1, -0.05) is 6.07 Å². The van der Waals surface area contributed by atoms with Crippen LogP contribution in [-0.4, -0.2) is 49.9 Å². The number of piperidine rings is 1. The van der Waals surface area contributed by atoms with E-state index < -0.39 is 11.7 Å². The molecule has 142 valence electrons. The Morgan fingerprint density at radius 3 is 2.73 bits per heavy atom. The monoisotopic (exact) mass is 361 g/mol. The quantitative estimate of drug-likeness (QED) is 0.876. The fraction of sp³-hybridized carbons (Fsp3) is 0.600. The zero-order chi connectivity index (χ0) is 18.7. The number of benzene rings is 1. The van der Waals surface area contributed by atoms with Gasteiger partial charge in [-0.25, -0.2) is 4.39 Å². The molecule has 2 heterocycles. The van der Waals surface area contributed by atoms with Crippen molar-refractivity contribution in [2.24, 2.45) is 11.8 Å². The fourth-order valence-corrected chi connectivity index (χ4v) is 3.84. The van der Waals surface area contributed by atoms with Gasteiger partial charge in [-0.05, 0) is 69.9 Å². The summed E-state index contributed by atoms with van der Waals surface area (Å²) in [7, 11) is 2.14. The van der Waals surface area contributed by atoms with Gasteiger partial charge in [0.05, 0.1) is 11.6 Å². The van der Waals surface area contributed by atoms with Crippen molar-refractivity contribution in [3.63, 3.8) is 0 Å². The summed E-state index contributed by atoms with van der Waals surface area (Å²) < 4.78 is 14.1. The maximum Gasteiger partial charge on any atom is 0.227 e. The number of anilines is 1. The van der Waals surface area contributed by atoms with E-state index in [-0.39, 0.29) is 30.5 Å². The van der Waals surface area contributed by atoms with Gasteiger partial charge in [0.2, 0.25) is 11.8 Å². The summed E-state index contributed by atoms with van der Waals surface area (Å²) >= 11 is 0. The van der Waals surface area contributed by atoms with Gasteiger partial charge < -0.3 is 15.1 Å². The molecule has 26 heavy (non-hydrogen) atoms. The number of nitrogens with zero attached hydrogens (tertiary/aromatic N) is 2. The number of likely N-dealkylation sites (tertiary alicyclic amines) is 1. The summed E-state index contributed by atoms with van der Waals surface area (Å²) in [5, 5.41) is 2.97. The van der Waals surface area contributed by atoms with Crippen molar-refractivity contribution in [1.29, 1.82) is 0 Å². The topological polar surface area (TPSA) is 52.7 Å². The lowest BCUT2D eigenvalue weighted by Gasteiger charge is -2.29. The van der Waals surface area contributed by atoms with Crippen LogP contribution in [0.25, 0.3) is 0 Å². The molecule has 1 aromatic carbocycles. The number of hydrogen-bond acceptors (Lipinski definition) is 3. The molecule has 3 rings (SSSR count). The molecular formula is C20H28FN3O2. The highest BCUT2D eigenvalue weighted by molar-refractivity contribution is 6.00. The molecule has 0 aromatic heterocycles. The van der Waals surface area contributed by atoms with Crippen molar-refractivity contribution in [3.05, 3.63) is 29.6 Å². The third kappa shape index (κ3) is 4.41. The number of amides is 2. The predicted molar refractivity (Wildman–Crippen MR) is 99.4 cm³/mol. The first-order chi connectivity index (χ1) is 12.4. The average molecular weight is 361 g/mol. The van der Waals surface area contributed by atoms with E-state index in [0.717, 1.165) is 25.1 Å². The molecule has 0 radical (unpaired) electrons. The number of hydrogen-bond donors (Lipinski definition) is 1. The molecule has 1 aromatic rings. The van der Waals surface area contributed by atoms with Gasteiger partial charge in [0.1, 0.15) is 5.82 Å². The predicted octanol–water partition coefficient (Wildman–Crippen LogP) is 2.34. The minimum Gasteiger partial charge on any atom is -0.356 e. The molecule has 2 aliphatic heterocycles. The summed E-state index contributed by atoms with van der Waals surface area (Å²) in [6.07, 6.45) is 3.48. The van der Waals surface area contributed by atoms with E-state index in [1.54, 1.807) is 19.1 Å². The molecule has 2 saturated heterocycles. The number of carbonyl (C=O) groups excluding carboxylic acids is 2. The maximum absolute atomic E-state index is 14.1. The zero-order valence-electron chi connectivity index (χ0n) is 15.6. The van der Waals surface area contributed by atoms with Crippen LogP contribution in [0.2, 0.25) is 0 Å². The van der Waals surface area contributed by atoms with Gasteiger partial charge in [0.25, 0.3) is 0 Å². The van der Waals surface area contributed by atoms with E-state index in [9.17, 15) is 14.0 Å². The number of nitrogens with one attached hydrogen (secondary N) is 1. The molecule has 6 heteroatoms. The molecule has 1 N–H and O–H groups in total. The van der Waals surface area contributed by atoms with Crippen LogP contribution in [0.4, 0.5) is 10.1 Å². The zero-order valence-corrected chi connectivity index (χ0v) is 15.6. The SMILES string of the molecule is Cc1ccc(N2CC(C(=O)NCCC3CCN(C)CC3)CC2=O)c(F)c1. The van der Waals surface area contributed by atoms with E-state index in [2.05, 4.69) is 17.3 Å². The Balaban J connectivity index is 1.49. The number of rotatable bonds is 5. The highest BCUT2D eigenvalue weighted by atomic mass is 19.1. The number of halogens is 1. The highest BCUT2D eigenvalue weighted by Crippen LogP contribution is 2.28. The second kappa shape index (κ2) is 8.16. The van der Waals surface area contributed by atoms with Crippen LogP contribution in [0.5, 0.6) is 0 Å². The molecule has 1 unspecified atom stereocenters. The third-order valence-electron chi connectivity index (χ3n) is 5.58. The van der Waals surface area contributed by atoms with Gasteiger partial charge >= 0.3 is 0 Å². The Morgan fingerprint density at radius 2 is 2.04 bits per heavy atom. The van der Waals surface area contributed by atoms with Gasteiger partial charge in [0.15, 0.2) is 0 Å². The third-order valence-corrected chi connectivity index (χ3v) is 5.58. The fourth-order valence-electron chi connectivity index (χ4n) is 3.84. The van der Waals surface area contributed by atoms with Crippen LogP contribution >= 0.6 is 0 Å². The molecule has 1 atom stereocenters. The smallest absolute Gasteiger partial charge is 0.227 e. The minimum atomic E-state index is -0.415. The van der Waals surface area contributed by atoms with Crippen molar-refractivity contribution >= 4 is 17.5 Å². The van der Waals surface area contributed by atoms with E-state index >= 15 is 0 Å². The Hall–Kier alpha value is -1.95. The van der Waals surface area contributed by atoms with Crippen molar-refractivity contribution in [3.8, 4) is 0 Å². The second-order valence-electron chi connectivity index (χ2n) is 7.69. The van der Waals surface area contributed by atoms with Gasteiger partial charge in [-0.2, -0.15) is 0 Å². The van der Waals surface area contributed by atoms with E-state index in [4.69, 9.17) is 0 Å². The Labute approximate surface area is 154 Å². The maximum atomic E-state index is 14.1. The summed E-state index contributed by atoms with van der Waals surface area (Å²) in [6.45, 7) is 4.94. The van der Waals surface area contributed by atoms with E-state index in [0.29, 0.717) is 12.5 Å². The summed E-state index contributed by atoms with van der Waals surface area (Å²) in [6, 6.07) is 4.81. The summed E-state index contributed by atoms with van der Waals surface area (Å²) in [5.74, 6) is -0.443. The lowest BCUT2D eigenvalue weighted by molar-refractivity contribution is -0.126. The normalized spacial score (nSPS) is 22.0. The molecular weight excluding hydrogens is 333 g/mol. The van der Waals surface area contributed by atoms with Crippen LogP contribution < -0.4 is 10.2 Å². The van der Waals surface area contributed by atoms with Gasteiger partial charge in [-0.3, -0.25) is 9.59 Å². The average Bonchev–Trinajstić information content (AvgIpc) is 2.98. The molecule has 0 spiro atoms.